The van der Waals surface area contributed by atoms with E-state index in [1.165, 1.54) is 0 Å². The zero-order valence-corrected chi connectivity index (χ0v) is 14.6. The molecule has 0 saturated heterocycles. The van der Waals surface area contributed by atoms with Gasteiger partial charge in [0.2, 0.25) is 3.79 Å². The van der Waals surface area contributed by atoms with Gasteiger partial charge in [-0.3, -0.25) is 4.79 Å². The molecule has 0 spiro atoms. The van der Waals surface area contributed by atoms with Crippen LogP contribution in [0.2, 0.25) is 0 Å². The minimum Gasteiger partial charge on any atom is -0.478 e. The van der Waals surface area contributed by atoms with Crippen LogP contribution in [0.25, 0.3) is 0 Å². The van der Waals surface area contributed by atoms with Crippen LogP contribution in [0.4, 0.5) is 0 Å². The van der Waals surface area contributed by atoms with E-state index in [9.17, 15) is 4.79 Å². The highest BCUT2D eigenvalue weighted by Gasteiger charge is 2.24. The first-order chi connectivity index (χ1) is 9.31. The van der Waals surface area contributed by atoms with E-state index in [1.807, 2.05) is 6.07 Å². The van der Waals surface area contributed by atoms with E-state index in [4.69, 9.17) is 61.6 Å². The van der Waals surface area contributed by atoms with Crippen LogP contribution in [-0.2, 0) is 16.0 Å². The largest absolute Gasteiger partial charge is 0.478 e. The Labute approximate surface area is 149 Å². The highest BCUT2D eigenvalue weighted by Crippen LogP contribution is 2.26. The summed E-state index contributed by atoms with van der Waals surface area (Å²) in [6, 6.07) is 6.26. The first-order valence-electron chi connectivity index (χ1n) is 5.58. The average molecular weight is 398 g/mol. The number of nitrogens with two attached hydrogens (primary N) is 1. The van der Waals surface area contributed by atoms with Crippen molar-refractivity contribution in [2.45, 2.75) is 16.3 Å². The zero-order valence-electron chi connectivity index (χ0n) is 10.7. The number of hydrogen-bond acceptors (Lipinski definition) is 4. The van der Waals surface area contributed by atoms with Gasteiger partial charge in [-0.15, -0.1) is 12.4 Å². The van der Waals surface area contributed by atoms with Crippen molar-refractivity contribution in [2.24, 2.45) is 5.73 Å². The molecule has 0 unspecified atom stereocenters. The van der Waals surface area contributed by atoms with E-state index in [2.05, 4.69) is 0 Å². The van der Waals surface area contributed by atoms with Crippen molar-refractivity contribution in [3.63, 3.8) is 0 Å². The van der Waals surface area contributed by atoms with Crippen LogP contribution in [0.15, 0.2) is 24.3 Å². The molecule has 0 bridgehead atoms. The van der Waals surface area contributed by atoms with Crippen molar-refractivity contribution in [1.29, 1.82) is 0 Å². The van der Waals surface area contributed by atoms with Gasteiger partial charge in [0.25, 0.3) is 0 Å². The van der Waals surface area contributed by atoms with Gasteiger partial charge in [0.15, 0.2) is 6.07 Å². The molecule has 0 aliphatic heterocycles. The second-order valence-electron chi connectivity index (χ2n) is 3.93. The fraction of sp³-hybridized carbons (Fsp3) is 0.417. The number of alkyl halides is 4. The summed E-state index contributed by atoms with van der Waals surface area (Å²) in [6.45, 7) is -0.348. The zero-order chi connectivity index (χ0) is 15.2. The Kier molecular flexibility index (Phi) is 9.78. The smallest absolute Gasteiger partial charge is 0.323 e. The predicted molar refractivity (Wildman–Crippen MR) is 88.0 cm³/mol. The lowest BCUT2D eigenvalue weighted by Gasteiger charge is -2.15. The Morgan fingerprint density at radius 1 is 1.33 bits per heavy atom. The molecular formula is C12H14Cl5NO3. The molecule has 1 atom stereocenters. The minimum atomic E-state index is -1.65. The molecular weight excluding hydrogens is 383 g/mol. The quantitative estimate of drug-likeness (QED) is 0.590. The second-order valence-corrected chi connectivity index (χ2v) is 6.67. The van der Waals surface area contributed by atoms with Crippen molar-refractivity contribution in [2.75, 3.05) is 12.7 Å². The van der Waals surface area contributed by atoms with Gasteiger partial charge in [-0.2, -0.15) is 0 Å². The molecule has 2 N–H and O–H groups in total. The molecule has 4 nitrogen and oxygen atoms in total. The Morgan fingerprint density at radius 2 is 2.00 bits per heavy atom. The third-order valence-corrected chi connectivity index (χ3v) is 2.69. The van der Waals surface area contributed by atoms with Crippen LogP contribution >= 0.6 is 58.8 Å². The van der Waals surface area contributed by atoms with Crippen molar-refractivity contribution >= 4 is 64.8 Å². The first kappa shape index (κ1) is 20.9. The molecule has 1 rings (SSSR count). The van der Waals surface area contributed by atoms with Crippen LogP contribution in [-0.4, -0.2) is 28.5 Å². The predicted octanol–water partition coefficient (Wildman–Crippen LogP) is 3.47. The number of esters is 1. The number of rotatable bonds is 6. The maximum atomic E-state index is 11.6. The van der Waals surface area contributed by atoms with Crippen molar-refractivity contribution < 1.29 is 14.3 Å². The van der Waals surface area contributed by atoms with Gasteiger partial charge in [0.05, 0.1) is 0 Å². The number of halogens is 5. The maximum absolute atomic E-state index is 11.6. The molecule has 21 heavy (non-hydrogen) atoms. The van der Waals surface area contributed by atoms with E-state index >= 15 is 0 Å². The lowest BCUT2D eigenvalue weighted by molar-refractivity contribution is -0.145. The van der Waals surface area contributed by atoms with Gasteiger partial charge in [0.1, 0.15) is 18.4 Å². The van der Waals surface area contributed by atoms with Gasteiger partial charge in [-0.1, -0.05) is 58.5 Å². The van der Waals surface area contributed by atoms with Gasteiger partial charge < -0.3 is 15.2 Å². The van der Waals surface area contributed by atoms with E-state index in [1.54, 1.807) is 18.2 Å². The molecule has 0 aromatic heterocycles. The average Bonchev–Trinajstić information content (AvgIpc) is 2.36. The molecule has 1 aromatic carbocycles. The Bertz CT molecular complexity index is 453. The standard InChI is InChI=1S/C12H13Cl4NO3.ClH/c13-7-20-9-3-1-2-8(4-9)5-10(17)11(18)19-6-12(14,15)16;/h1-4,10H,5-7,17H2;1H/t10-;/m1./s1. The molecule has 0 aliphatic carbocycles. The normalized spacial score (nSPS) is 12.2. The first-order valence-corrected chi connectivity index (χ1v) is 7.25. The highest BCUT2D eigenvalue weighted by atomic mass is 35.6. The second kappa shape index (κ2) is 9.82. The summed E-state index contributed by atoms with van der Waals surface area (Å²) in [5.41, 5.74) is 6.54. The third kappa shape index (κ3) is 8.81. The van der Waals surface area contributed by atoms with Gasteiger partial charge >= 0.3 is 5.97 Å². The molecule has 0 fully saturated rings. The monoisotopic (exact) mass is 395 g/mol. The number of hydrogen-bond donors (Lipinski definition) is 1. The summed E-state index contributed by atoms with van der Waals surface area (Å²) < 4.78 is 8.29. The minimum absolute atomic E-state index is 0. The fourth-order valence-electron chi connectivity index (χ4n) is 1.42. The summed E-state index contributed by atoms with van der Waals surface area (Å²) >= 11 is 21.9. The summed E-state index contributed by atoms with van der Waals surface area (Å²) in [6.07, 6.45) is 0.276. The van der Waals surface area contributed by atoms with Crippen LogP contribution in [0.3, 0.4) is 0 Å². The highest BCUT2D eigenvalue weighted by molar-refractivity contribution is 6.67. The topological polar surface area (TPSA) is 61.5 Å². The summed E-state index contributed by atoms with van der Waals surface area (Å²) in [5.74, 6) is -0.0423. The summed E-state index contributed by atoms with van der Waals surface area (Å²) in [5, 5.41) is 0. The third-order valence-electron chi connectivity index (χ3n) is 2.26. The van der Waals surface area contributed by atoms with E-state index in [-0.39, 0.29) is 31.5 Å². The lowest BCUT2D eigenvalue weighted by atomic mass is 10.1. The molecule has 0 aliphatic rings. The van der Waals surface area contributed by atoms with Gasteiger partial charge in [-0.05, 0) is 24.1 Å². The van der Waals surface area contributed by atoms with E-state index < -0.39 is 15.8 Å². The Balaban J connectivity index is 0.00000400. The van der Waals surface area contributed by atoms with E-state index in [0.717, 1.165) is 5.56 Å². The SMILES string of the molecule is Cl.N[C@H](Cc1cccc(OCCl)c1)C(=O)OCC(Cl)(Cl)Cl. The molecule has 0 heterocycles. The van der Waals surface area contributed by atoms with Gasteiger partial charge in [0, 0.05) is 0 Å². The van der Waals surface area contributed by atoms with Crippen molar-refractivity contribution in [3.05, 3.63) is 29.8 Å². The number of carbonyl (C=O) groups is 1. The fourth-order valence-corrected chi connectivity index (χ4v) is 1.71. The van der Waals surface area contributed by atoms with E-state index in [0.29, 0.717) is 5.75 Å². The van der Waals surface area contributed by atoms with Crippen LogP contribution < -0.4 is 10.5 Å². The summed E-state index contributed by atoms with van der Waals surface area (Å²) in [7, 11) is 0. The van der Waals surface area contributed by atoms with Crippen LogP contribution in [0, 0.1) is 0 Å². The summed E-state index contributed by atoms with van der Waals surface area (Å²) in [4.78, 5) is 11.6. The van der Waals surface area contributed by atoms with Gasteiger partial charge in [-0.25, -0.2) is 0 Å². The molecule has 9 heteroatoms. The van der Waals surface area contributed by atoms with Crippen molar-refractivity contribution in [3.8, 4) is 5.75 Å². The van der Waals surface area contributed by atoms with Crippen LogP contribution in [0.1, 0.15) is 5.56 Å². The maximum Gasteiger partial charge on any atom is 0.323 e. The Morgan fingerprint density at radius 3 is 2.57 bits per heavy atom. The van der Waals surface area contributed by atoms with Crippen molar-refractivity contribution in [1.82, 2.24) is 0 Å². The molecule has 0 radical (unpaired) electrons. The Hall–Kier alpha value is -0.100. The molecule has 1 aromatic rings. The lowest BCUT2D eigenvalue weighted by Crippen LogP contribution is -2.36. The molecule has 120 valence electrons. The molecule has 0 saturated carbocycles. The number of carbonyl (C=O) groups excluding carboxylic acids is 1. The molecule has 0 amide bonds. The van der Waals surface area contributed by atoms with Crippen LogP contribution in [0.5, 0.6) is 5.75 Å². The number of ether oxygens (including phenoxy) is 2. The number of benzene rings is 1.